The van der Waals surface area contributed by atoms with E-state index < -0.39 is 17.9 Å². The molecule has 150 valence electrons. The third-order valence-electron chi connectivity index (χ3n) is 5.74. The normalized spacial score (nSPS) is 24.1. The summed E-state index contributed by atoms with van der Waals surface area (Å²) < 4.78 is 33.3. The molecular formula is C18H20ClF2N5O2. The first-order valence-corrected chi connectivity index (χ1v) is 9.61. The summed E-state index contributed by atoms with van der Waals surface area (Å²) in [6.45, 7) is 0.726. The van der Waals surface area contributed by atoms with Gasteiger partial charge in [0, 0.05) is 18.4 Å². The molecule has 7 nitrogen and oxygen atoms in total. The molecule has 1 aliphatic carbocycles. The lowest BCUT2D eigenvalue weighted by Crippen LogP contribution is -2.42. The van der Waals surface area contributed by atoms with Crippen molar-refractivity contribution in [2.45, 2.75) is 56.1 Å². The number of ether oxygens (including phenoxy) is 1. The van der Waals surface area contributed by atoms with Gasteiger partial charge in [0.05, 0.1) is 41.2 Å². The molecule has 4 rings (SSSR count). The molecule has 2 aromatic heterocycles. The van der Waals surface area contributed by atoms with Gasteiger partial charge < -0.3 is 15.2 Å². The van der Waals surface area contributed by atoms with Crippen LogP contribution in [0.5, 0.6) is 0 Å². The summed E-state index contributed by atoms with van der Waals surface area (Å²) in [6.07, 6.45) is 0.450. The van der Waals surface area contributed by atoms with Crippen molar-refractivity contribution in [2.75, 3.05) is 18.5 Å². The van der Waals surface area contributed by atoms with Crippen molar-refractivity contribution in [1.82, 2.24) is 14.6 Å². The van der Waals surface area contributed by atoms with Crippen LogP contribution in [0.1, 0.15) is 43.4 Å². The van der Waals surface area contributed by atoms with E-state index in [1.54, 1.807) is 0 Å². The van der Waals surface area contributed by atoms with Crippen molar-refractivity contribution in [3.8, 4) is 6.07 Å². The second kappa shape index (κ2) is 7.43. The van der Waals surface area contributed by atoms with Gasteiger partial charge >= 0.3 is 0 Å². The molecule has 0 spiro atoms. The number of alkyl halides is 2. The maximum Gasteiger partial charge on any atom is 0.241 e. The van der Waals surface area contributed by atoms with Gasteiger partial charge in [-0.05, 0) is 19.3 Å². The zero-order chi connectivity index (χ0) is 19.9. The van der Waals surface area contributed by atoms with E-state index in [9.17, 15) is 19.1 Å². The van der Waals surface area contributed by atoms with Crippen molar-refractivity contribution >= 4 is 23.1 Å². The number of aromatic nitrogens is 3. The van der Waals surface area contributed by atoms with Gasteiger partial charge in [0.2, 0.25) is 12.4 Å². The van der Waals surface area contributed by atoms with Crippen LogP contribution in [0.3, 0.4) is 0 Å². The third-order valence-corrected chi connectivity index (χ3v) is 6.12. The van der Waals surface area contributed by atoms with Crippen LogP contribution in [-0.4, -0.2) is 51.5 Å². The van der Waals surface area contributed by atoms with Crippen molar-refractivity contribution in [2.24, 2.45) is 0 Å². The second-order valence-corrected chi connectivity index (χ2v) is 7.82. The molecule has 0 aromatic carbocycles. The fourth-order valence-corrected chi connectivity index (χ4v) is 4.42. The highest BCUT2D eigenvalue weighted by molar-refractivity contribution is 6.35. The molecule has 2 N–H and O–H groups in total. The molecule has 28 heavy (non-hydrogen) atoms. The summed E-state index contributed by atoms with van der Waals surface area (Å²) in [7, 11) is 0. The van der Waals surface area contributed by atoms with Crippen LogP contribution in [0.25, 0.3) is 5.52 Å². The molecule has 1 aliphatic heterocycles. The van der Waals surface area contributed by atoms with Crippen molar-refractivity contribution < 1.29 is 18.6 Å². The predicted octanol–water partition coefficient (Wildman–Crippen LogP) is 2.89. The number of fused-ring (bicyclic) bond motifs is 1. The van der Waals surface area contributed by atoms with Crippen LogP contribution >= 0.6 is 11.6 Å². The Bertz CT molecular complexity index is 925. The lowest BCUT2D eigenvalue weighted by atomic mass is 9.64. The molecule has 10 heteroatoms. The smallest absolute Gasteiger partial charge is 0.241 e. The van der Waals surface area contributed by atoms with E-state index in [1.165, 1.54) is 10.7 Å². The number of anilines is 1. The van der Waals surface area contributed by atoms with Gasteiger partial charge in [-0.3, -0.25) is 0 Å². The molecule has 0 amide bonds. The fraction of sp³-hybridized carbons (Fsp3) is 0.611. The highest BCUT2D eigenvalue weighted by atomic mass is 35.5. The van der Waals surface area contributed by atoms with E-state index in [-0.39, 0.29) is 35.6 Å². The lowest BCUT2D eigenvalue weighted by molar-refractivity contribution is -0.0136. The Morgan fingerprint density at radius 2 is 2.29 bits per heavy atom. The van der Waals surface area contributed by atoms with Crippen molar-refractivity contribution in [3.05, 3.63) is 22.5 Å². The van der Waals surface area contributed by atoms with Gasteiger partial charge in [0.1, 0.15) is 11.6 Å². The Morgan fingerprint density at radius 3 is 2.89 bits per heavy atom. The number of aliphatic hydroxyl groups excluding tert-OH is 1. The molecular weight excluding hydrogens is 392 g/mol. The number of aliphatic hydroxyl groups is 1. The monoisotopic (exact) mass is 411 g/mol. The van der Waals surface area contributed by atoms with Gasteiger partial charge in [-0.2, -0.15) is 5.26 Å². The number of hydrogen-bond donors (Lipinski definition) is 2. The molecule has 0 bridgehead atoms. The lowest BCUT2D eigenvalue weighted by Gasteiger charge is -2.41. The number of hydrogen-bond acceptors (Lipinski definition) is 6. The fourth-order valence-electron chi connectivity index (χ4n) is 4.16. The number of halogens is 3. The van der Waals surface area contributed by atoms with E-state index in [4.69, 9.17) is 16.3 Å². The predicted molar refractivity (Wildman–Crippen MR) is 97.7 cm³/mol. The highest BCUT2D eigenvalue weighted by Gasteiger charge is 2.46. The molecule has 0 unspecified atom stereocenters. The summed E-state index contributed by atoms with van der Waals surface area (Å²) in [5, 5.41) is 27.4. The summed E-state index contributed by atoms with van der Waals surface area (Å²) in [6, 6.07) is 1.78. The van der Waals surface area contributed by atoms with Crippen LogP contribution in [0.15, 0.2) is 6.20 Å². The largest absolute Gasteiger partial charge is 0.389 e. The van der Waals surface area contributed by atoms with E-state index in [2.05, 4.69) is 21.5 Å². The number of nitriles is 1. The quantitative estimate of drug-likeness (QED) is 0.785. The van der Waals surface area contributed by atoms with E-state index in [0.717, 1.165) is 6.42 Å². The van der Waals surface area contributed by atoms with Gasteiger partial charge in [0.25, 0.3) is 0 Å². The van der Waals surface area contributed by atoms with E-state index in [0.29, 0.717) is 37.1 Å². The SMILES string of the molecule is N#Cc1c(Cl)c2cnc(N[C@@H]3CCOC[C@H]3O)nn2c1C1(CC(F)F)CCC1. The molecule has 2 atom stereocenters. The third kappa shape index (κ3) is 3.19. The first kappa shape index (κ1) is 19.3. The Balaban J connectivity index is 1.78. The van der Waals surface area contributed by atoms with Gasteiger partial charge in [-0.1, -0.05) is 18.0 Å². The molecule has 2 fully saturated rings. The second-order valence-electron chi connectivity index (χ2n) is 7.44. The maximum absolute atomic E-state index is 13.3. The van der Waals surface area contributed by atoms with Gasteiger partial charge in [-0.25, -0.2) is 18.3 Å². The highest BCUT2D eigenvalue weighted by Crippen LogP contribution is 2.50. The average molecular weight is 412 g/mol. The number of nitrogens with one attached hydrogen (secondary N) is 1. The zero-order valence-corrected chi connectivity index (χ0v) is 15.8. The summed E-state index contributed by atoms with van der Waals surface area (Å²) >= 11 is 6.37. The molecule has 3 heterocycles. The maximum atomic E-state index is 13.3. The van der Waals surface area contributed by atoms with Crippen LogP contribution in [-0.2, 0) is 10.2 Å². The van der Waals surface area contributed by atoms with Crippen LogP contribution in [0.2, 0.25) is 5.02 Å². The summed E-state index contributed by atoms with van der Waals surface area (Å²) in [4.78, 5) is 4.23. The first-order valence-electron chi connectivity index (χ1n) is 9.23. The molecule has 1 saturated heterocycles. The molecule has 2 aromatic rings. The van der Waals surface area contributed by atoms with E-state index in [1.807, 2.05) is 0 Å². The van der Waals surface area contributed by atoms with E-state index >= 15 is 0 Å². The topological polar surface area (TPSA) is 95.5 Å². The first-order chi connectivity index (χ1) is 13.4. The van der Waals surface area contributed by atoms with Crippen LogP contribution in [0, 0.1) is 11.3 Å². The van der Waals surface area contributed by atoms with Crippen molar-refractivity contribution in [3.63, 3.8) is 0 Å². The minimum Gasteiger partial charge on any atom is -0.389 e. The molecule has 1 saturated carbocycles. The molecule has 0 radical (unpaired) electrons. The Morgan fingerprint density at radius 1 is 1.50 bits per heavy atom. The zero-order valence-electron chi connectivity index (χ0n) is 15.0. The minimum absolute atomic E-state index is 0.177. The van der Waals surface area contributed by atoms with Gasteiger partial charge in [0.15, 0.2) is 0 Å². The Kier molecular flexibility index (Phi) is 5.12. The van der Waals surface area contributed by atoms with Crippen molar-refractivity contribution in [1.29, 1.82) is 5.26 Å². The Labute approximate surface area is 165 Å². The summed E-state index contributed by atoms with van der Waals surface area (Å²) in [5.41, 5.74) is 0.199. The minimum atomic E-state index is -2.49. The Hall–Kier alpha value is -2.02. The van der Waals surface area contributed by atoms with Crippen LogP contribution in [0.4, 0.5) is 14.7 Å². The summed E-state index contributed by atoms with van der Waals surface area (Å²) in [5.74, 6) is 0.238. The van der Waals surface area contributed by atoms with Gasteiger partial charge in [-0.15, -0.1) is 5.10 Å². The average Bonchev–Trinajstić information content (AvgIpc) is 2.92. The number of rotatable bonds is 5. The standard InChI is InChI=1S/C18H20ClF2N5O2/c19-15-10(7-22)16(18(3-1-4-18)6-14(20)21)26-12(15)8-23-17(25-26)24-11-2-5-28-9-13(11)27/h8,11,13-14,27H,1-6,9H2,(H,24,25)/t11-,13-/m1/s1. The van der Waals surface area contributed by atoms with Crippen LogP contribution < -0.4 is 5.32 Å². The molecule has 2 aliphatic rings. The number of nitrogens with zero attached hydrogens (tertiary/aromatic N) is 4.